The third-order valence-electron chi connectivity index (χ3n) is 1.59. The van der Waals surface area contributed by atoms with Gasteiger partial charge in [-0.05, 0) is 36.9 Å². The quantitative estimate of drug-likeness (QED) is 0.668. The van der Waals surface area contributed by atoms with E-state index in [2.05, 4.69) is 16.2 Å². The van der Waals surface area contributed by atoms with Crippen LogP contribution in [0.5, 0.6) is 0 Å². The van der Waals surface area contributed by atoms with Crippen molar-refractivity contribution in [1.82, 2.24) is 4.37 Å². The largest absolute Gasteiger partial charge is 0.378 e. The number of hydrogen-bond donors (Lipinski definition) is 1. The minimum atomic E-state index is -0.885. The maximum atomic E-state index is 9.52. The Morgan fingerprint density at radius 1 is 1.75 bits per heavy atom. The van der Waals surface area contributed by atoms with Crippen LogP contribution in [0.2, 0.25) is 0 Å². The average Bonchev–Trinajstić information content (AvgIpc) is 2.53. The van der Waals surface area contributed by atoms with E-state index in [1.165, 1.54) is 11.5 Å². The molecular formula is C9H11NOS. The van der Waals surface area contributed by atoms with Crippen LogP contribution in [0, 0.1) is 11.8 Å². The topological polar surface area (TPSA) is 33.1 Å². The van der Waals surface area contributed by atoms with Gasteiger partial charge in [0.15, 0.2) is 0 Å². The zero-order valence-electron chi connectivity index (χ0n) is 7.16. The van der Waals surface area contributed by atoms with Gasteiger partial charge in [-0.15, -0.1) is 0 Å². The number of aromatic nitrogens is 1. The summed E-state index contributed by atoms with van der Waals surface area (Å²) in [6, 6.07) is 1.84. The average molecular weight is 181 g/mol. The minimum Gasteiger partial charge on any atom is -0.378 e. The molecule has 1 rings (SSSR count). The normalized spacial score (nSPS) is 14.6. The molecule has 0 aliphatic carbocycles. The molecule has 0 radical (unpaired) electrons. The number of nitrogens with zero attached hydrogens (tertiary/aromatic N) is 1. The molecule has 0 amide bonds. The summed E-state index contributed by atoms with van der Waals surface area (Å²) >= 11 is 1.36. The van der Waals surface area contributed by atoms with Crippen LogP contribution < -0.4 is 0 Å². The van der Waals surface area contributed by atoms with Gasteiger partial charge in [-0.1, -0.05) is 12.8 Å². The third-order valence-corrected chi connectivity index (χ3v) is 2.15. The first-order chi connectivity index (χ1) is 5.64. The van der Waals surface area contributed by atoms with Crippen molar-refractivity contribution in [2.45, 2.75) is 25.9 Å². The molecule has 1 atom stereocenters. The smallest absolute Gasteiger partial charge is 0.127 e. The summed E-state index contributed by atoms with van der Waals surface area (Å²) in [4.78, 5) is 0. The molecular weight excluding hydrogens is 170 g/mol. The highest BCUT2D eigenvalue weighted by Gasteiger charge is 2.12. The fourth-order valence-electron chi connectivity index (χ4n) is 0.564. The van der Waals surface area contributed by atoms with Gasteiger partial charge in [0.2, 0.25) is 0 Å². The summed E-state index contributed by atoms with van der Waals surface area (Å²) in [5, 5.41) is 11.4. The first-order valence-electron chi connectivity index (χ1n) is 3.80. The zero-order chi connectivity index (χ0) is 9.03. The lowest BCUT2D eigenvalue weighted by Gasteiger charge is -2.11. The van der Waals surface area contributed by atoms with Gasteiger partial charge in [0, 0.05) is 5.38 Å². The van der Waals surface area contributed by atoms with Gasteiger partial charge in [0.1, 0.15) is 11.3 Å². The maximum absolute atomic E-state index is 9.52. The van der Waals surface area contributed by atoms with E-state index < -0.39 is 5.60 Å². The van der Waals surface area contributed by atoms with E-state index >= 15 is 0 Å². The molecule has 1 unspecified atom stereocenters. The Hall–Kier alpha value is -0.850. The predicted octanol–water partition coefficient (Wildman–Crippen LogP) is 1.66. The molecule has 3 heteroatoms. The van der Waals surface area contributed by atoms with Crippen LogP contribution in [0.3, 0.4) is 0 Å². The Labute approximate surface area is 76.4 Å². The van der Waals surface area contributed by atoms with Gasteiger partial charge in [0.05, 0.1) is 0 Å². The highest BCUT2D eigenvalue weighted by atomic mass is 32.1. The second-order valence-electron chi connectivity index (χ2n) is 2.76. The summed E-state index contributed by atoms with van der Waals surface area (Å²) in [5.74, 6) is 5.58. The Morgan fingerprint density at radius 2 is 2.50 bits per heavy atom. The van der Waals surface area contributed by atoms with Gasteiger partial charge in [-0.2, -0.15) is 4.37 Å². The van der Waals surface area contributed by atoms with Crippen molar-refractivity contribution in [3.05, 3.63) is 17.1 Å². The first kappa shape index (κ1) is 9.24. The van der Waals surface area contributed by atoms with E-state index in [0.717, 1.165) is 5.69 Å². The Bertz CT molecular complexity index is 292. The molecule has 0 spiro atoms. The standard InChI is InChI=1S/C9H11NOS/c1-3-9(2,11)6-4-8-5-7-12-10-8/h5,7,11H,3H2,1-2H3. The second-order valence-corrected chi connectivity index (χ2v) is 3.43. The van der Waals surface area contributed by atoms with E-state index in [9.17, 15) is 5.11 Å². The molecule has 0 aliphatic heterocycles. The van der Waals surface area contributed by atoms with Gasteiger partial charge in [-0.3, -0.25) is 0 Å². The summed E-state index contributed by atoms with van der Waals surface area (Å²) in [7, 11) is 0. The maximum Gasteiger partial charge on any atom is 0.127 e. The van der Waals surface area contributed by atoms with Crippen molar-refractivity contribution >= 4 is 11.5 Å². The lowest BCUT2D eigenvalue weighted by Crippen LogP contribution is -2.19. The lowest BCUT2D eigenvalue weighted by atomic mass is 10.1. The van der Waals surface area contributed by atoms with Gasteiger partial charge >= 0.3 is 0 Å². The van der Waals surface area contributed by atoms with E-state index in [0.29, 0.717) is 6.42 Å². The third kappa shape index (κ3) is 2.65. The van der Waals surface area contributed by atoms with Gasteiger partial charge in [0.25, 0.3) is 0 Å². The molecule has 1 heterocycles. The SMILES string of the molecule is CCC(C)(O)C#Cc1ccsn1. The van der Waals surface area contributed by atoms with E-state index in [-0.39, 0.29) is 0 Å². The van der Waals surface area contributed by atoms with Crippen LogP contribution in [-0.4, -0.2) is 15.1 Å². The van der Waals surface area contributed by atoms with Gasteiger partial charge < -0.3 is 5.11 Å². The summed E-state index contributed by atoms with van der Waals surface area (Å²) in [6.45, 7) is 3.60. The van der Waals surface area contributed by atoms with E-state index in [1.807, 2.05) is 18.4 Å². The highest BCUT2D eigenvalue weighted by molar-refractivity contribution is 7.03. The van der Waals surface area contributed by atoms with Crippen molar-refractivity contribution in [1.29, 1.82) is 0 Å². The lowest BCUT2D eigenvalue weighted by molar-refractivity contribution is 0.118. The van der Waals surface area contributed by atoms with Crippen LogP contribution >= 0.6 is 11.5 Å². The van der Waals surface area contributed by atoms with Crippen molar-refractivity contribution in [3.63, 3.8) is 0 Å². The van der Waals surface area contributed by atoms with Crippen molar-refractivity contribution in [3.8, 4) is 11.8 Å². The van der Waals surface area contributed by atoms with Gasteiger partial charge in [-0.25, -0.2) is 0 Å². The number of aliphatic hydroxyl groups is 1. The Kier molecular flexibility index (Phi) is 2.85. The number of hydrogen-bond acceptors (Lipinski definition) is 3. The molecule has 0 saturated carbocycles. The monoisotopic (exact) mass is 181 g/mol. The molecule has 12 heavy (non-hydrogen) atoms. The van der Waals surface area contributed by atoms with Crippen molar-refractivity contribution in [2.75, 3.05) is 0 Å². The molecule has 0 saturated heterocycles. The van der Waals surface area contributed by atoms with Crippen molar-refractivity contribution < 1.29 is 5.11 Å². The fourth-order valence-corrected chi connectivity index (χ4v) is 1.03. The minimum absolute atomic E-state index is 0.629. The molecule has 1 N–H and O–H groups in total. The molecule has 0 fully saturated rings. The summed E-state index contributed by atoms with van der Waals surface area (Å²) < 4.78 is 4.01. The summed E-state index contributed by atoms with van der Waals surface area (Å²) in [6.07, 6.45) is 0.629. The van der Waals surface area contributed by atoms with Crippen LogP contribution in [0.4, 0.5) is 0 Å². The molecule has 0 aliphatic rings. The molecule has 1 aromatic rings. The highest BCUT2D eigenvalue weighted by Crippen LogP contribution is 2.06. The molecule has 2 nitrogen and oxygen atoms in total. The van der Waals surface area contributed by atoms with Crippen molar-refractivity contribution in [2.24, 2.45) is 0 Å². The van der Waals surface area contributed by atoms with Crippen LogP contribution in [0.15, 0.2) is 11.4 Å². The second kappa shape index (κ2) is 3.70. The number of rotatable bonds is 1. The van der Waals surface area contributed by atoms with Crippen LogP contribution in [-0.2, 0) is 0 Å². The fraction of sp³-hybridized carbons (Fsp3) is 0.444. The Balaban J connectivity index is 2.72. The molecule has 0 aromatic carbocycles. The zero-order valence-corrected chi connectivity index (χ0v) is 7.98. The van der Waals surface area contributed by atoms with Crippen LogP contribution in [0.1, 0.15) is 26.0 Å². The molecule has 64 valence electrons. The molecule has 1 aromatic heterocycles. The first-order valence-corrected chi connectivity index (χ1v) is 4.63. The Morgan fingerprint density at radius 3 is 3.00 bits per heavy atom. The molecule has 0 bridgehead atoms. The van der Waals surface area contributed by atoms with E-state index in [4.69, 9.17) is 0 Å². The summed E-state index contributed by atoms with van der Waals surface area (Å²) in [5.41, 5.74) is -0.155. The predicted molar refractivity (Wildman–Crippen MR) is 49.9 cm³/mol. The van der Waals surface area contributed by atoms with Crippen LogP contribution in [0.25, 0.3) is 0 Å². The van der Waals surface area contributed by atoms with E-state index in [1.54, 1.807) is 6.92 Å².